The monoisotopic (exact) mass is 321 g/mol. The van der Waals surface area contributed by atoms with Crippen molar-refractivity contribution in [2.45, 2.75) is 43.9 Å². The van der Waals surface area contributed by atoms with Crippen molar-refractivity contribution in [1.29, 1.82) is 0 Å². The molecule has 2 amide bonds. The molecule has 3 rings (SSSR count). The van der Waals surface area contributed by atoms with Gasteiger partial charge in [0.25, 0.3) is 0 Å². The largest absolute Gasteiger partial charge is 0.376 e. The van der Waals surface area contributed by atoms with Crippen LogP contribution >= 0.6 is 0 Å². The summed E-state index contributed by atoms with van der Waals surface area (Å²) in [6, 6.07) is 0.463. The number of urea groups is 1. The van der Waals surface area contributed by atoms with Gasteiger partial charge in [-0.25, -0.2) is 4.79 Å². The third kappa shape index (κ3) is 4.37. The van der Waals surface area contributed by atoms with Crippen LogP contribution in [-0.4, -0.2) is 80.0 Å². The molecule has 0 radical (unpaired) electrons. The minimum Gasteiger partial charge on any atom is -0.376 e. The number of fused-ring (bicyclic) bond motifs is 1. The van der Waals surface area contributed by atoms with E-state index in [0.717, 1.165) is 39.1 Å². The predicted octanol–water partition coefficient (Wildman–Crippen LogP) is 0.673. The van der Waals surface area contributed by atoms with Crippen LogP contribution in [0.25, 0.3) is 0 Å². The SMILES string of the molecule is C#CCN(C[C@@H]1CCCO1)C(=O)NC[C@@H]1CN2CCC[C@@H]2CO1. The maximum Gasteiger partial charge on any atom is 0.318 e. The molecule has 0 aromatic carbocycles. The second-order valence-corrected chi connectivity index (χ2v) is 6.65. The zero-order chi connectivity index (χ0) is 16.1. The fourth-order valence-corrected chi connectivity index (χ4v) is 3.69. The maximum absolute atomic E-state index is 12.4. The quantitative estimate of drug-likeness (QED) is 0.757. The Labute approximate surface area is 138 Å². The molecule has 3 fully saturated rings. The molecule has 0 aromatic heterocycles. The van der Waals surface area contributed by atoms with Crippen molar-refractivity contribution in [1.82, 2.24) is 15.1 Å². The summed E-state index contributed by atoms with van der Waals surface area (Å²) in [6.45, 7) is 5.04. The normalized spacial score (nSPS) is 30.7. The molecule has 0 aliphatic carbocycles. The average molecular weight is 321 g/mol. The van der Waals surface area contributed by atoms with Gasteiger partial charge in [-0.05, 0) is 32.2 Å². The van der Waals surface area contributed by atoms with Gasteiger partial charge >= 0.3 is 6.03 Å². The molecule has 0 saturated carbocycles. The number of morpholine rings is 1. The standard InChI is InChI=1S/C17H27N3O3/c1-2-7-20(11-15-6-4-9-22-15)17(21)18-10-16-12-19-8-3-5-14(19)13-23-16/h1,14-16H,3-13H2,(H,18,21)/t14-,15+,16-/m1/s1. The van der Waals surface area contributed by atoms with Crippen LogP contribution in [0.4, 0.5) is 4.79 Å². The Morgan fingerprint density at radius 3 is 3.00 bits per heavy atom. The molecule has 0 aromatic rings. The molecule has 3 aliphatic heterocycles. The molecule has 128 valence electrons. The molecule has 6 nitrogen and oxygen atoms in total. The molecular weight excluding hydrogens is 294 g/mol. The summed E-state index contributed by atoms with van der Waals surface area (Å²) in [4.78, 5) is 16.5. The van der Waals surface area contributed by atoms with Crippen LogP contribution in [0.2, 0.25) is 0 Å². The highest BCUT2D eigenvalue weighted by atomic mass is 16.5. The molecular formula is C17H27N3O3. The van der Waals surface area contributed by atoms with Crippen LogP contribution in [0.3, 0.4) is 0 Å². The molecule has 0 unspecified atom stereocenters. The summed E-state index contributed by atoms with van der Waals surface area (Å²) < 4.78 is 11.5. The van der Waals surface area contributed by atoms with E-state index in [4.69, 9.17) is 15.9 Å². The van der Waals surface area contributed by atoms with Crippen molar-refractivity contribution in [2.24, 2.45) is 0 Å². The number of terminal acetylenes is 1. The zero-order valence-electron chi connectivity index (χ0n) is 13.7. The number of carbonyl (C=O) groups is 1. The topological polar surface area (TPSA) is 54.0 Å². The first-order valence-corrected chi connectivity index (χ1v) is 8.69. The first-order chi connectivity index (χ1) is 11.3. The summed E-state index contributed by atoms with van der Waals surface area (Å²) in [7, 11) is 0. The molecule has 3 aliphatic rings. The van der Waals surface area contributed by atoms with Gasteiger partial charge in [0, 0.05) is 32.3 Å². The summed E-state index contributed by atoms with van der Waals surface area (Å²) in [5.74, 6) is 2.56. The van der Waals surface area contributed by atoms with E-state index in [2.05, 4.69) is 16.1 Å². The minimum atomic E-state index is -0.120. The molecule has 3 atom stereocenters. The van der Waals surface area contributed by atoms with Gasteiger partial charge in [-0.15, -0.1) is 6.42 Å². The third-order valence-electron chi connectivity index (χ3n) is 4.96. The number of hydrogen-bond donors (Lipinski definition) is 1. The number of nitrogens with one attached hydrogen (secondary N) is 1. The van der Waals surface area contributed by atoms with E-state index < -0.39 is 0 Å². The summed E-state index contributed by atoms with van der Waals surface area (Å²) >= 11 is 0. The Kier molecular flexibility index (Phi) is 5.76. The summed E-state index contributed by atoms with van der Waals surface area (Å²) in [5.41, 5.74) is 0. The van der Waals surface area contributed by atoms with Crippen molar-refractivity contribution in [3.05, 3.63) is 0 Å². The van der Waals surface area contributed by atoms with Gasteiger partial charge < -0.3 is 19.7 Å². The molecule has 1 N–H and O–H groups in total. The number of hydrogen-bond acceptors (Lipinski definition) is 4. The van der Waals surface area contributed by atoms with Crippen LogP contribution in [0.1, 0.15) is 25.7 Å². The molecule has 0 bridgehead atoms. The first kappa shape index (κ1) is 16.6. The maximum atomic E-state index is 12.4. The van der Waals surface area contributed by atoms with Gasteiger partial charge in [-0.2, -0.15) is 0 Å². The Morgan fingerprint density at radius 1 is 1.30 bits per heavy atom. The minimum absolute atomic E-state index is 0.0729. The van der Waals surface area contributed by atoms with E-state index in [0.29, 0.717) is 25.7 Å². The van der Waals surface area contributed by atoms with Crippen LogP contribution in [0.15, 0.2) is 0 Å². The molecule has 6 heteroatoms. The van der Waals surface area contributed by atoms with Crippen LogP contribution in [0.5, 0.6) is 0 Å². The fraction of sp³-hybridized carbons (Fsp3) is 0.824. The number of carbonyl (C=O) groups excluding carboxylic acids is 1. The lowest BCUT2D eigenvalue weighted by atomic mass is 10.2. The Bertz CT molecular complexity index is 445. The van der Waals surface area contributed by atoms with Crippen molar-refractivity contribution < 1.29 is 14.3 Å². The lowest BCUT2D eigenvalue weighted by Crippen LogP contribution is -2.52. The lowest BCUT2D eigenvalue weighted by Gasteiger charge is -2.35. The van der Waals surface area contributed by atoms with Gasteiger partial charge in [0.2, 0.25) is 0 Å². The second kappa shape index (κ2) is 8.00. The van der Waals surface area contributed by atoms with E-state index in [1.54, 1.807) is 4.90 Å². The Morgan fingerprint density at radius 2 is 2.22 bits per heavy atom. The first-order valence-electron chi connectivity index (χ1n) is 8.69. The average Bonchev–Trinajstić information content (AvgIpc) is 3.22. The van der Waals surface area contributed by atoms with E-state index in [1.165, 1.54) is 12.8 Å². The zero-order valence-corrected chi connectivity index (χ0v) is 13.7. The molecule has 0 spiro atoms. The number of nitrogens with zero attached hydrogens (tertiary/aromatic N) is 2. The van der Waals surface area contributed by atoms with E-state index >= 15 is 0 Å². The van der Waals surface area contributed by atoms with Crippen molar-refractivity contribution in [3.8, 4) is 12.3 Å². The van der Waals surface area contributed by atoms with Crippen LogP contribution < -0.4 is 5.32 Å². The summed E-state index contributed by atoms with van der Waals surface area (Å²) in [5, 5.41) is 2.98. The number of rotatable bonds is 5. The highest BCUT2D eigenvalue weighted by Gasteiger charge is 2.32. The van der Waals surface area contributed by atoms with E-state index in [1.807, 2.05) is 0 Å². The molecule has 23 heavy (non-hydrogen) atoms. The van der Waals surface area contributed by atoms with Gasteiger partial charge in [0.1, 0.15) is 0 Å². The van der Waals surface area contributed by atoms with Gasteiger partial charge in [0.05, 0.1) is 25.4 Å². The van der Waals surface area contributed by atoms with Gasteiger partial charge in [-0.3, -0.25) is 4.90 Å². The van der Waals surface area contributed by atoms with Gasteiger partial charge in [0.15, 0.2) is 0 Å². The van der Waals surface area contributed by atoms with E-state index in [9.17, 15) is 4.79 Å². The van der Waals surface area contributed by atoms with Gasteiger partial charge in [-0.1, -0.05) is 5.92 Å². The highest BCUT2D eigenvalue weighted by molar-refractivity contribution is 5.74. The van der Waals surface area contributed by atoms with Crippen molar-refractivity contribution in [2.75, 3.05) is 45.9 Å². The Hall–Kier alpha value is -1.29. The molecule has 3 heterocycles. The second-order valence-electron chi connectivity index (χ2n) is 6.65. The van der Waals surface area contributed by atoms with E-state index in [-0.39, 0.29) is 18.2 Å². The number of amides is 2. The highest BCUT2D eigenvalue weighted by Crippen LogP contribution is 2.22. The van der Waals surface area contributed by atoms with Crippen LogP contribution in [0, 0.1) is 12.3 Å². The predicted molar refractivity (Wildman–Crippen MR) is 87.1 cm³/mol. The third-order valence-corrected chi connectivity index (χ3v) is 4.96. The summed E-state index contributed by atoms with van der Waals surface area (Å²) in [6.07, 6.45) is 10.1. The lowest BCUT2D eigenvalue weighted by molar-refractivity contribution is -0.0461. The van der Waals surface area contributed by atoms with Crippen LogP contribution in [-0.2, 0) is 9.47 Å². The Balaban J connectivity index is 1.43. The van der Waals surface area contributed by atoms with Crippen molar-refractivity contribution >= 4 is 6.03 Å². The smallest absolute Gasteiger partial charge is 0.318 e. The molecule has 3 saturated heterocycles. The number of ether oxygens (including phenoxy) is 2. The van der Waals surface area contributed by atoms with Crippen molar-refractivity contribution in [3.63, 3.8) is 0 Å². The fourth-order valence-electron chi connectivity index (χ4n) is 3.69.